The van der Waals surface area contributed by atoms with Crippen molar-refractivity contribution in [2.24, 2.45) is 0 Å². The van der Waals surface area contributed by atoms with Crippen molar-refractivity contribution in [1.29, 1.82) is 0 Å². The summed E-state index contributed by atoms with van der Waals surface area (Å²) in [4.78, 5) is 17.2. The second kappa shape index (κ2) is 8.22. The van der Waals surface area contributed by atoms with E-state index in [-0.39, 0.29) is 23.0 Å². The van der Waals surface area contributed by atoms with Gasteiger partial charge in [0, 0.05) is 36.6 Å². The molecule has 3 aliphatic heterocycles. The minimum absolute atomic E-state index is 0.0380. The van der Waals surface area contributed by atoms with Crippen LogP contribution in [0, 0.1) is 0 Å². The monoisotopic (exact) mass is 531 g/mol. The number of aromatic nitrogens is 2. The smallest absolute Gasteiger partial charge is 0.362 e. The number of amides is 1. The summed E-state index contributed by atoms with van der Waals surface area (Å²) < 4.78 is 43.6. The van der Waals surface area contributed by atoms with Crippen molar-refractivity contribution in [3.05, 3.63) is 45.0 Å². The second-order valence-electron chi connectivity index (χ2n) is 8.58. The molecule has 2 saturated heterocycles. The van der Waals surface area contributed by atoms with Gasteiger partial charge in [-0.3, -0.25) is 9.69 Å². The summed E-state index contributed by atoms with van der Waals surface area (Å²) in [6, 6.07) is 4.91. The third-order valence-corrected chi connectivity index (χ3v) is 7.53. The van der Waals surface area contributed by atoms with E-state index in [2.05, 4.69) is 31.2 Å². The van der Waals surface area contributed by atoms with E-state index in [0.29, 0.717) is 24.7 Å². The van der Waals surface area contributed by atoms with E-state index in [1.807, 2.05) is 0 Å². The lowest BCUT2D eigenvalue weighted by molar-refractivity contribution is -0.173. The predicted octanol–water partition coefficient (Wildman–Crippen LogP) is 4.88. The number of piperazine rings is 1. The number of carbonyl (C=O) groups is 1. The van der Waals surface area contributed by atoms with E-state index >= 15 is 0 Å². The van der Waals surface area contributed by atoms with E-state index in [0.717, 1.165) is 35.1 Å². The first-order valence-electron chi connectivity index (χ1n) is 10.6. The fraction of sp³-hybridized carbons (Fsp3) is 0.524. The van der Waals surface area contributed by atoms with Crippen LogP contribution in [0.3, 0.4) is 0 Å². The molecular weight excluding hydrogens is 511 g/mol. The molecule has 0 unspecified atom stereocenters. The lowest BCUT2D eigenvalue weighted by Gasteiger charge is -2.37. The van der Waals surface area contributed by atoms with Crippen LogP contribution >= 0.6 is 27.5 Å². The van der Waals surface area contributed by atoms with E-state index in [1.165, 1.54) is 0 Å². The zero-order valence-electron chi connectivity index (χ0n) is 17.1. The molecule has 172 valence electrons. The minimum atomic E-state index is -4.53. The van der Waals surface area contributed by atoms with Crippen LogP contribution in [0.25, 0.3) is 0 Å². The van der Waals surface area contributed by atoms with E-state index in [4.69, 9.17) is 11.6 Å². The molecule has 6 nitrogen and oxygen atoms in total. The Labute approximate surface area is 196 Å². The molecule has 11 heteroatoms. The molecule has 1 amide bonds. The molecule has 1 N–H and O–H groups in total. The number of halogens is 5. The van der Waals surface area contributed by atoms with Crippen LogP contribution in [0.1, 0.15) is 47.4 Å². The Morgan fingerprint density at radius 3 is 2.66 bits per heavy atom. The Bertz CT molecular complexity index is 1030. The highest BCUT2D eigenvalue weighted by Gasteiger charge is 2.48. The number of carbonyl (C=O) groups excluding carboxylic acids is 1. The Morgan fingerprint density at radius 1 is 1.19 bits per heavy atom. The molecule has 1 aromatic heterocycles. The Balaban J connectivity index is 1.47. The van der Waals surface area contributed by atoms with Gasteiger partial charge in [0.15, 0.2) is 11.7 Å². The van der Waals surface area contributed by atoms with E-state index in [1.54, 1.807) is 29.2 Å². The van der Waals surface area contributed by atoms with Crippen LogP contribution < -0.4 is 5.32 Å². The van der Waals surface area contributed by atoms with Gasteiger partial charge in [0.05, 0.1) is 6.04 Å². The average Bonchev–Trinajstić information content (AvgIpc) is 3.36. The maximum absolute atomic E-state index is 14.0. The summed E-state index contributed by atoms with van der Waals surface area (Å²) in [6.07, 6.45) is -2.66. The van der Waals surface area contributed by atoms with Gasteiger partial charge < -0.3 is 10.2 Å². The van der Waals surface area contributed by atoms with E-state index in [9.17, 15) is 18.0 Å². The molecule has 32 heavy (non-hydrogen) atoms. The third kappa shape index (κ3) is 3.90. The molecule has 2 aromatic rings. The van der Waals surface area contributed by atoms with Gasteiger partial charge in [0.25, 0.3) is 5.91 Å². The number of benzene rings is 1. The fourth-order valence-electron chi connectivity index (χ4n) is 4.97. The first-order chi connectivity index (χ1) is 15.2. The van der Waals surface area contributed by atoms with Gasteiger partial charge in [-0.2, -0.15) is 18.3 Å². The lowest BCUT2D eigenvalue weighted by atomic mass is 9.97. The van der Waals surface area contributed by atoms with Crippen molar-refractivity contribution in [2.75, 3.05) is 31.5 Å². The average molecular weight is 533 g/mol. The Kier molecular flexibility index (Phi) is 5.66. The fourth-order valence-corrected chi connectivity index (χ4v) is 5.49. The molecule has 0 radical (unpaired) electrons. The standard InChI is InChI=1S/C21H22BrClF3N5O/c22-13-5-3-12(4-6-13)15-10-16(21(24,25)26)31-19(27-15)17(23)18(28-31)20(32)30-9-8-29-7-1-2-14(29)11-30/h3-6,14-16,27H,1-2,7-11H2/t14-,15+,16-/m1/s1. The largest absolute Gasteiger partial charge is 0.410 e. The highest BCUT2D eigenvalue weighted by atomic mass is 79.9. The number of anilines is 1. The van der Waals surface area contributed by atoms with Gasteiger partial charge in [-0.1, -0.05) is 39.7 Å². The lowest BCUT2D eigenvalue weighted by Crippen LogP contribution is -2.52. The molecule has 0 saturated carbocycles. The summed E-state index contributed by atoms with van der Waals surface area (Å²) in [5.74, 6) is -0.373. The molecule has 3 atom stereocenters. The Hall–Kier alpha value is -1.78. The van der Waals surface area contributed by atoms with Crippen LogP contribution in [-0.4, -0.2) is 63.9 Å². The van der Waals surface area contributed by atoms with Crippen molar-refractivity contribution in [1.82, 2.24) is 19.6 Å². The van der Waals surface area contributed by atoms with Gasteiger partial charge in [0.1, 0.15) is 10.8 Å². The van der Waals surface area contributed by atoms with Crippen molar-refractivity contribution in [2.45, 2.75) is 43.6 Å². The molecule has 0 aliphatic carbocycles. The van der Waals surface area contributed by atoms with Crippen molar-refractivity contribution in [3.63, 3.8) is 0 Å². The summed E-state index contributed by atoms with van der Waals surface area (Å²) in [5, 5.41) is 7.13. The van der Waals surface area contributed by atoms with Gasteiger partial charge in [0.2, 0.25) is 0 Å². The number of nitrogens with one attached hydrogen (secondary N) is 1. The Morgan fingerprint density at radius 2 is 1.94 bits per heavy atom. The van der Waals surface area contributed by atoms with Gasteiger partial charge >= 0.3 is 6.18 Å². The predicted molar refractivity (Wildman–Crippen MR) is 118 cm³/mol. The zero-order chi connectivity index (χ0) is 22.6. The number of hydrogen-bond donors (Lipinski definition) is 1. The summed E-state index contributed by atoms with van der Waals surface area (Å²) >= 11 is 9.83. The number of hydrogen-bond acceptors (Lipinski definition) is 4. The van der Waals surface area contributed by atoms with Gasteiger partial charge in [-0.05, 0) is 37.1 Å². The van der Waals surface area contributed by atoms with Crippen LogP contribution in [-0.2, 0) is 0 Å². The topological polar surface area (TPSA) is 53.4 Å². The minimum Gasteiger partial charge on any atom is -0.362 e. The summed E-state index contributed by atoms with van der Waals surface area (Å²) in [7, 11) is 0. The third-order valence-electron chi connectivity index (χ3n) is 6.65. The molecule has 1 aromatic carbocycles. The van der Waals surface area contributed by atoms with Crippen molar-refractivity contribution >= 4 is 39.3 Å². The molecule has 0 spiro atoms. The normalized spacial score (nSPS) is 25.9. The molecular formula is C21H22BrClF3N5O. The molecule has 0 bridgehead atoms. The summed E-state index contributed by atoms with van der Waals surface area (Å²) in [6.45, 7) is 2.86. The number of nitrogens with zero attached hydrogens (tertiary/aromatic N) is 4. The van der Waals surface area contributed by atoms with Crippen LogP contribution in [0.2, 0.25) is 5.02 Å². The first-order valence-corrected chi connectivity index (χ1v) is 11.8. The van der Waals surface area contributed by atoms with Crippen LogP contribution in [0.5, 0.6) is 0 Å². The van der Waals surface area contributed by atoms with Crippen molar-refractivity contribution in [3.8, 4) is 0 Å². The number of fused-ring (bicyclic) bond motifs is 2. The molecule has 5 rings (SSSR count). The highest BCUT2D eigenvalue weighted by Crippen LogP contribution is 2.46. The number of alkyl halides is 3. The first kappa shape index (κ1) is 22.0. The molecule has 2 fully saturated rings. The number of rotatable bonds is 2. The van der Waals surface area contributed by atoms with Crippen LogP contribution in [0.15, 0.2) is 28.7 Å². The maximum Gasteiger partial charge on any atom is 0.410 e. The van der Waals surface area contributed by atoms with Gasteiger partial charge in [-0.25, -0.2) is 4.68 Å². The van der Waals surface area contributed by atoms with E-state index < -0.39 is 24.2 Å². The quantitative estimate of drug-likeness (QED) is 0.599. The molecule has 4 heterocycles. The second-order valence-corrected chi connectivity index (χ2v) is 9.87. The highest BCUT2D eigenvalue weighted by molar-refractivity contribution is 9.10. The zero-order valence-corrected chi connectivity index (χ0v) is 19.4. The van der Waals surface area contributed by atoms with Gasteiger partial charge in [-0.15, -0.1) is 0 Å². The molecule has 3 aliphatic rings. The van der Waals surface area contributed by atoms with Crippen LogP contribution in [0.4, 0.5) is 19.0 Å². The van der Waals surface area contributed by atoms with Crippen molar-refractivity contribution < 1.29 is 18.0 Å². The maximum atomic E-state index is 14.0. The summed E-state index contributed by atoms with van der Waals surface area (Å²) in [5.41, 5.74) is 0.586. The SMILES string of the molecule is O=C(c1nn2c(c1Cl)N[C@H](c1ccc(Br)cc1)C[C@@H]2C(F)(F)F)N1CCN2CCC[C@@H]2C1.